The number of rotatable bonds is 2. The molecule has 1 aromatic rings. The Kier molecular flexibility index (Phi) is 3.49. The van der Waals surface area contributed by atoms with Crippen LogP contribution in [-0.2, 0) is 0 Å². The topological polar surface area (TPSA) is 61.5 Å². The van der Waals surface area contributed by atoms with Gasteiger partial charge in [0.25, 0.3) is 11.9 Å². The second-order valence-electron chi connectivity index (χ2n) is 3.79. The maximum Gasteiger partial charge on any atom is 0.268 e. The van der Waals surface area contributed by atoms with Crippen molar-refractivity contribution < 1.29 is 0 Å². The lowest BCUT2D eigenvalue weighted by molar-refractivity contribution is 0.831. The Balaban J connectivity index is 2.07. The molecule has 0 aliphatic carbocycles. The molecule has 1 N–H and O–H groups in total. The minimum atomic E-state index is 0.155. The van der Waals surface area contributed by atoms with E-state index in [9.17, 15) is 0 Å². The van der Waals surface area contributed by atoms with Crippen LogP contribution in [-0.4, -0.2) is 18.0 Å². The van der Waals surface area contributed by atoms with Gasteiger partial charge in [0.05, 0.1) is 0 Å². The van der Waals surface area contributed by atoms with Crippen LogP contribution in [0.4, 0.5) is 5.69 Å². The Morgan fingerprint density at radius 3 is 2.53 bits per heavy atom. The van der Waals surface area contributed by atoms with Crippen LogP contribution >= 0.6 is 11.6 Å². The summed E-state index contributed by atoms with van der Waals surface area (Å²) < 4.78 is 0. The van der Waals surface area contributed by atoms with Gasteiger partial charge in [-0.3, -0.25) is 0 Å². The van der Waals surface area contributed by atoms with Crippen molar-refractivity contribution >= 4 is 29.2 Å². The molecular formula is C11H12ClN5. The molecule has 88 valence electrons. The number of nitrogens with zero attached hydrogens (tertiary/aromatic N) is 4. The molecule has 0 amide bonds. The average Bonchev–Trinajstić information content (AvgIpc) is 2.68. The molecule has 1 aliphatic rings. The van der Waals surface area contributed by atoms with E-state index >= 15 is 0 Å². The minimum absolute atomic E-state index is 0.155. The van der Waals surface area contributed by atoms with E-state index in [-0.39, 0.29) is 6.04 Å². The fourth-order valence-electron chi connectivity index (χ4n) is 1.23. The molecule has 6 heteroatoms. The molecule has 2 rings (SSSR count). The highest BCUT2D eigenvalue weighted by Crippen LogP contribution is 2.14. The lowest BCUT2D eigenvalue weighted by atomic mass is 10.3. The maximum atomic E-state index is 5.79. The fourth-order valence-corrected chi connectivity index (χ4v) is 1.36. The number of aliphatic imine (C=N–C) groups is 2. The Morgan fingerprint density at radius 2 is 1.88 bits per heavy atom. The average molecular weight is 250 g/mol. The molecule has 1 aliphatic heterocycles. The van der Waals surface area contributed by atoms with Gasteiger partial charge in [-0.05, 0) is 38.1 Å². The van der Waals surface area contributed by atoms with E-state index in [4.69, 9.17) is 11.6 Å². The predicted octanol–water partition coefficient (Wildman–Crippen LogP) is 3.34. The van der Waals surface area contributed by atoms with Crippen molar-refractivity contribution in [2.75, 3.05) is 5.32 Å². The number of nitrogens with one attached hydrogen (secondary N) is 1. The first-order chi connectivity index (χ1) is 8.13. The van der Waals surface area contributed by atoms with E-state index < -0.39 is 0 Å². The number of benzene rings is 1. The minimum Gasteiger partial charge on any atom is -0.323 e. The molecule has 0 saturated heterocycles. The maximum absolute atomic E-state index is 5.79. The summed E-state index contributed by atoms with van der Waals surface area (Å²) in [5, 5.41) is 11.5. The van der Waals surface area contributed by atoms with Gasteiger partial charge in [0.15, 0.2) is 0 Å². The molecule has 1 heterocycles. The number of hydrogen-bond acceptors (Lipinski definition) is 3. The van der Waals surface area contributed by atoms with Crippen LogP contribution in [0.2, 0.25) is 5.02 Å². The number of anilines is 1. The fraction of sp³-hybridized carbons (Fsp3) is 0.273. The summed E-state index contributed by atoms with van der Waals surface area (Å²) in [5.74, 6) is 0.836. The highest BCUT2D eigenvalue weighted by atomic mass is 35.5. The molecule has 0 saturated carbocycles. The van der Waals surface area contributed by atoms with Crippen LogP contribution in [0.25, 0.3) is 0 Å². The van der Waals surface area contributed by atoms with Gasteiger partial charge in [-0.25, -0.2) is 4.99 Å². The van der Waals surface area contributed by atoms with Crippen molar-refractivity contribution in [3.63, 3.8) is 0 Å². The zero-order valence-corrected chi connectivity index (χ0v) is 10.3. The third-order valence-electron chi connectivity index (χ3n) is 1.91. The second kappa shape index (κ2) is 5.05. The molecule has 0 radical (unpaired) electrons. The standard InChI is InChI=1S/C11H12ClN5/c1-7(2)13-10-15-11(17-16-10)14-9-5-3-8(12)4-6-9/h3-7H,1-2H3,(H,13,14,15). The normalized spacial score (nSPS) is 16.7. The van der Waals surface area contributed by atoms with Gasteiger partial charge >= 0.3 is 0 Å². The van der Waals surface area contributed by atoms with E-state index in [1.807, 2.05) is 26.0 Å². The quantitative estimate of drug-likeness (QED) is 0.859. The first-order valence-corrected chi connectivity index (χ1v) is 5.62. The number of hydrogen-bond donors (Lipinski definition) is 1. The number of azo groups is 1. The number of guanidine groups is 2. The molecular weight excluding hydrogens is 238 g/mol. The van der Waals surface area contributed by atoms with Crippen molar-refractivity contribution in [1.82, 2.24) is 0 Å². The third-order valence-corrected chi connectivity index (χ3v) is 2.17. The van der Waals surface area contributed by atoms with Crippen molar-refractivity contribution in [3.8, 4) is 0 Å². The van der Waals surface area contributed by atoms with Gasteiger partial charge in [0.2, 0.25) is 0 Å². The van der Waals surface area contributed by atoms with Crippen molar-refractivity contribution in [1.29, 1.82) is 0 Å². The van der Waals surface area contributed by atoms with Crippen LogP contribution < -0.4 is 5.32 Å². The first-order valence-electron chi connectivity index (χ1n) is 5.24. The molecule has 0 bridgehead atoms. The third kappa shape index (κ3) is 3.35. The summed E-state index contributed by atoms with van der Waals surface area (Å²) in [7, 11) is 0. The molecule has 0 unspecified atom stereocenters. The smallest absolute Gasteiger partial charge is 0.268 e. The van der Waals surface area contributed by atoms with Crippen molar-refractivity contribution in [2.24, 2.45) is 20.2 Å². The monoisotopic (exact) mass is 249 g/mol. The van der Waals surface area contributed by atoms with Gasteiger partial charge in [-0.1, -0.05) is 11.6 Å². The zero-order chi connectivity index (χ0) is 12.3. The summed E-state index contributed by atoms with van der Waals surface area (Å²) >= 11 is 5.79. The van der Waals surface area contributed by atoms with Crippen LogP contribution in [0.1, 0.15) is 13.8 Å². The molecule has 0 atom stereocenters. The van der Waals surface area contributed by atoms with E-state index in [1.165, 1.54) is 0 Å². The van der Waals surface area contributed by atoms with E-state index in [0.717, 1.165) is 5.69 Å². The van der Waals surface area contributed by atoms with Crippen LogP contribution in [0.3, 0.4) is 0 Å². The van der Waals surface area contributed by atoms with Crippen LogP contribution in [0.15, 0.2) is 44.5 Å². The first kappa shape index (κ1) is 11.7. The highest BCUT2D eigenvalue weighted by Gasteiger charge is 2.09. The Morgan fingerprint density at radius 1 is 1.18 bits per heavy atom. The van der Waals surface area contributed by atoms with Gasteiger partial charge in [0, 0.05) is 16.8 Å². The molecule has 1 aromatic carbocycles. The van der Waals surface area contributed by atoms with Gasteiger partial charge < -0.3 is 5.32 Å². The summed E-state index contributed by atoms with van der Waals surface area (Å²) in [6.45, 7) is 3.92. The molecule has 0 fully saturated rings. The largest absolute Gasteiger partial charge is 0.323 e. The summed E-state index contributed by atoms with van der Waals surface area (Å²) in [6, 6.07) is 7.43. The van der Waals surface area contributed by atoms with E-state index in [1.54, 1.807) is 12.1 Å². The molecule has 5 nitrogen and oxygen atoms in total. The van der Waals surface area contributed by atoms with Crippen LogP contribution in [0.5, 0.6) is 0 Å². The Bertz CT molecular complexity index is 487. The summed E-state index contributed by atoms with van der Waals surface area (Å²) in [5.41, 5.74) is 0.859. The van der Waals surface area contributed by atoms with Crippen LogP contribution in [0, 0.1) is 0 Å². The predicted molar refractivity (Wildman–Crippen MR) is 69.9 cm³/mol. The lowest BCUT2D eigenvalue weighted by Gasteiger charge is -2.01. The van der Waals surface area contributed by atoms with E-state index in [0.29, 0.717) is 16.9 Å². The van der Waals surface area contributed by atoms with Crippen molar-refractivity contribution in [2.45, 2.75) is 19.9 Å². The summed E-state index contributed by atoms with van der Waals surface area (Å²) in [4.78, 5) is 8.33. The van der Waals surface area contributed by atoms with Gasteiger partial charge in [-0.15, -0.1) is 10.2 Å². The molecule has 17 heavy (non-hydrogen) atoms. The van der Waals surface area contributed by atoms with E-state index in [2.05, 4.69) is 25.5 Å². The molecule has 0 spiro atoms. The Hall–Kier alpha value is -1.75. The second-order valence-corrected chi connectivity index (χ2v) is 4.23. The number of halogens is 1. The molecule has 0 aromatic heterocycles. The van der Waals surface area contributed by atoms with Crippen molar-refractivity contribution in [3.05, 3.63) is 29.3 Å². The summed E-state index contributed by atoms with van der Waals surface area (Å²) in [6.07, 6.45) is 0. The lowest BCUT2D eigenvalue weighted by Crippen LogP contribution is -2.06. The zero-order valence-electron chi connectivity index (χ0n) is 9.55. The Labute approximate surface area is 104 Å². The van der Waals surface area contributed by atoms with Gasteiger partial charge in [-0.2, -0.15) is 4.99 Å². The SMILES string of the molecule is CC(C)N=C1N=NC(Nc2ccc(Cl)cc2)=N1. The highest BCUT2D eigenvalue weighted by molar-refractivity contribution is 6.30. The van der Waals surface area contributed by atoms with Gasteiger partial charge in [0.1, 0.15) is 0 Å².